The second kappa shape index (κ2) is 5.40. The molecule has 18 heavy (non-hydrogen) atoms. The number of ether oxygens (including phenoxy) is 1. The number of alkyl halides is 1. The first kappa shape index (κ1) is 12.2. The van der Waals surface area contributed by atoms with Gasteiger partial charge in [0.05, 0.1) is 5.56 Å². The summed E-state index contributed by atoms with van der Waals surface area (Å²) in [4.78, 5) is 11.4. The summed E-state index contributed by atoms with van der Waals surface area (Å²) < 4.78 is 30.6. The number of rotatable bonds is 4. The molecule has 0 unspecified atom stereocenters. The molecule has 0 aliphatic rings. The molecular formula is C14H10F2O2. The summed E-state index contributed by atoms with van der Waals surface area (Å²) in [5.74, 6) is -0.384. The fraction of sp³-hybridized carbons (Fsp3) is 0.0714. The number of benzene rings is 2. The monoisotopic (exact) mass is 248 g/mol. The lowest BCUT2D eigenvalue weighted by Crippen LogP contribution is -2.03. The van der Waals surface area contributed by atoms with Crippen LogP contribution >= 0.6 is 0 Å². The van der Waals surface area contributed by atoms with Gasteiger partial charge in [-0.05, 0) is 36.4 Å². The van der Waals surface area contributed by atoms with Gasteiger partial charge in [0.1, 0.15) is 17.3 Å². The quantitative estimate of drug-likeness (QED) is 0.770. The molecule has 92 valence electrons. The highest BCUT2D eigenvalue weighted by Gasteiger charge is 2.12. The zero-order chi connectivity index (χ0) is 13.0. The highest BCUT2D eigenvalue weighted by atomic mass is 19.1. The maximum atomic E-state index is 12.7. The molecule has 0 atom stereocenters. The molecule has 0 N–H and O–H groups in total. The van der Waals surface area contributed by atoms with Crippen molar-refractivity contribution >= 4 is 5.78 Å². The van der Waals surface area contributed by atoms with Crippen molar-refractivity contribution in [1.82, 2.24) is 0 Å². The number of para-hydroxylation sites is 1. The normalized spacial score (nSPS) is 10.1. The molecule has 0 aliphatic heterocycles. The topological polar surface area (TPSA) is 26.3 Å². The van der Waals surface area contributed by atoms with Crippen LogP contribution in [0.15, 0.2) is 48.5 Å². The van der Waals surface area contributed by atoms with E-state index in [0.717, 1.165) is 0 Å². The van der Waals surface area contributed by atoms with Crippen LogP contribution in [-0.4, -0.2) is 12.5 Å². The molecule has 2 aromatic carbocycles. The summed E-state index contributed by atoms with van der Waals surface area (Å²) in [6.07, 6.45) is 0. The molecule has 2 aromatic rings. The zero-order valence-corrected chi connectivity index (χ0v) is 9.40. The summed E-state index contributed by atoms with van der Waals surface area (Å²) in [5, 5.41) is 0. The summed E-state index contributed by atoms with van der Waals surface area (Å²) >= 11 is 0. The van der Waals surface area contributed by atoms with Gasteiger partial charge in [0, 0.05) is 0 Å². The lowest BCUT2D eigenvalue weighted by atomic mass is 10.1. The molecule has 0 spiro atoms. The average Bonchev–Trinajstić information content (AvgIpc) is 2.41. The highest BCUT2D eigenvalue weighted by molar-refractivity contribution is 5.99. The SMILES string of the molecule is O=C(CF)c1ccccc1Oc1ccc(F)cc1. The van der Waals surface area contributed by atoms with E-state index in [9.17, 15) is 13.6 Å². The Morgan fingerprint density at radius 2 is 1.72 bits per heavy atom. The van der Waals surface area contributed by atoms with Gasteiger partial charge in [0.2, 0.25) is 0 Å². The third-order valence-electron chi connectivity index (χ3n) is 2.35. The van der Waals surface area contributed by atoms with Gasteiger partial charge < -0.3 is 4.74 Å². The van der Waals surface area contributed by atoms with Gasteiger partial charge in [0.25, 0.3) is 0 Å². The van der Waals surface area contributed by atoms with Gasteiger partial charge in [-0.3, -0.25) is 4.79 Å². The summed E-state index contributed by atoms with van der Waals surface area (Å²) in [6.45, 7) is -1.08. The molecule has 0 fully saturated rings. The van der Waals surface area contributed by atoms with E-state index < -0.39 is 12.5 Å². The minimum absolute atomic E-state index is 0.171. The van der Waals surface area contributed by atoms with Crippen LogP contribution in [0.25, 0.3) is 0 Å². The number of ketones is 1. The van der Waals surface area contributed by atoms with Crippen LogP contribution in [0.3, 0.4) is 0 Å². The molecular weight excluding hydrogens is 238 g/mol. The van der Waals surface area contributed by atoms with Crippen LogP contribution in [0.2, 0.25) is 0 Å². The van der Waals surface area contributed by atoms with E-state index in [1.54, 1.807) is 18.2 Å². The molecule has 2 nitrogen and oxygen atoms in total. The van der Waals surface area contributed by atoms with Gasteiger partial charge >= 0.3 is 0 Å². The first-order valence-electron chi connectivity index (χ1n) is 5.32. The van der Waals surface area contributed by atoms with Crippen molar-refractivity contribution in [2.45, 2.75) is 0 Å². The highest BCUT2D eigenvalue weighted by Crippen LogP contribution is 2.25. The van der Waals surface area contributed by atoms with E-state index in [4.69, 9.17) is 4.74 Å². The molecule has 0 saturated heterocycles. The number of hydrogen-bond donors (Lipinski definition) is 0. The van der Waals surface area contributed by atoms with Crippen LogP contribution in [0, 0.1) is 5.82 Å². The Morgan fingerprint density at radius 3 is 2.39 bits per heavy atom. The molecule has 0 saturated carbocycles. The zero-order valence-electron chi connectivity index (χ0n) is 9.40. The molecule has 0 heterocycles. The molecule has 2 rings (SSSR count). The second-order valence-corrected chi connectivity index (χ2v) is 3.61. The fourth-order valence-electron chi connectivity index (χ4n) is 1.49. The van der Waals surface area contributed by atoms with E-state index >= 15 is 0 Å². The van der Waals surface area contributed by atoms with Gasteiger partial charge in [-0.25, -0.2) is 8.78 Å². The van der Waals surface area contributed by atoms with Gasteiger partial charge in [-0.1, -0.05) is 12.1 Å². The van der Waals surface area contributed by atoms with E-state index in [0.29, 0.717) is 5.75 Å². The van der Waals surface area contributed by atoms with Crippen LogP contribution in [0.1, 0.15) is 10.4 Å². The van der Waals surface area contributed by atoms with Gasteiger partial charge in [0.15, 0.2) is 12.5 Å². The van der Waals surface area contributed by atoms with Crippen LogP contribution in [-0.2, 0) is 0 Å². The molecule has 0 bridgehead atoms. The minimum Gasteiger partial charge on any atom is -0.457 e. The molecule has 0 aliphatic carbocycles. The standard InChI is InChI=1S/C14H10F2O2/c15-9-13(17)12-3-1-2-4-14(12)18-11-7-5-10(16)6-8-11/h1-8H,9H2. The van der Waals surface area contributed by atoms with Crippen molar-refractivity contribution in [3.8, 4) is 11.5 Å². The number of halogens is 2. The number of Topliss-reactive ketones (excluding diaryl/α,β-unsaturated/α-hetero) is 1. The van der Waals surface area contributed by atoms with Gasteiger partial charge in [-0.2, -0.15) is 0 Å². The first-order chi connectivity index (χ1) is 8.70. The predicted octanol–water partition coefficient (Wildman–Crippen LogP) is 3.77. The maximum absolute atomic E-state index is 12.7. The largest absolute Gasteiger partial charge is 0.457 e. The smallest absolute Gasteiger partial charge is 0.197 e. The van der Waals surface area contributed by atoms with Gasteiger partial charge in [-0.15, -0.1) is 0 Å². The summed E-state index contributed by atoms with van der Waals surface area (Å²) in [6, 6.07) is 11.7. The Kier molecular flexibility index (Phi) is 3.67. The van der Waals surface area contributed by atoms with Crippen LogP contribution in [0.5, 0.6) is 11.5 Å². The fourth-order valence-corrected chi connectivity index (χ4v) is 1.49. The number of hydrogen-bond acceptors (Lipinski definition) is 2. The minimum atomic E-state index is -1.08. The Balaban J connectivity index is 2.28. The van der Waals surface area contributed by atoms with Crippen molar-refractivity contribution in [2.75, 3.05) is 6.67 Å². The predicted molar refractivity (Wildman–Crippen MR) is 63.2 cm³/mol. The molecule has 0 radical (unpaired) electrons. The summed E-state index contributed by atoms with van der Waals surface area (Å²) in [5.41, 5.74) is 0.171. The van der Waals surface area contributed by atoms with Crippen LogP contribution < -0.4 is 4.74 Å². The van der Waals surface area contributed by atoms with Crippen molar-refractivity contribution in [3.63, 3.8) is 0 Å². The third kappa shape index (κ3) is 2.71. The molecule has 0 aromatic heterocycles. The lowest BCUT2D eigenvalue weighted by Gasteiger charge is -2.09. The van der Waals surface area contributed by atoms with Crippen molar-refractivity contribution in [2.24, 2.45) is 0 Å². The Labute approximate surface area is 103 Å². The third-order valence-corrected chi connectivity index (χ3v) is 2.35. The van der Waals surface area contributed by atoms with Crippen molar-refractivity contribution < 1.29 is 18.3 Å². The summed E-state index contributed by atoms with van der Waals surface area (Å²) in [7, 11) is 0. The second-order valence-electron chi connectivity index (χ2n) is 3.61. The van der Waals surface area contributed by atoms with E-state index in [-0.39, 0.29) is 17.1 Å². The van der Waals surface area contributed by atoms with E-state index in [1.807, 2.05) is 0 Å². The average molecular weight is 248 g/mol. The first-order valence-corrected chi connectivity index (χ1v) is 5.32. The molecule has 4 heteroatoms. The molecule has 0 amide bonds. The lowest BCUT2D eigenvalue weighted by molar-refractivity contribution is 0.0956. The number of carbonyl (C=O) groups excluding carboxylic acids is 1. The van der Waals surface area contributed by atoms with E-state index in [2.05, 4.69) is 0 Å². The maximum Gasteiger partial charge on any atom is 0.197 e. The van der Waals surface area contributed by atoms with Crippen molar-refractivity contribution in [1.29, 1.82) is 0 Å². The Morgan fingerprint density at radius 1 is 1.06 bits per heavy atom. The number of carbonyl (C=O) groups is 1. The van der Waals surface area contributed by atoms with E-state index in [1.165, 1.54) is 30.3 Å². The van der Waals surface area contributed by atoms with Crippen LogP contribution in [0.4, 0.5) is 8.78 Å². The Bertz CT molecular complexity index is 550. The Hall–Kier alpha value is -2.23. The van der Waals surface area contributed by atoms with Crippen molar-refractivity contribution in [3.05, 3.63) is 59.9 Å².